The highest BCUT2D eigenvalue weighted by Crippen LogP contribution is 2.21. The zero-order valence-electron chi connectivity index (χ0n) is 9.28. The lowest BCUT2D eigenvalue weighted by molar-refractivity contribution is 0.469. The van der Waals surface area contributed by atoms with Crippen molar-refractivity contribution in [3.63, 3.8) is 0 Å². The van der Waals surface area contributed by atoms with Gasteiger partial charge in [-0.2, -0.15) is 11.8 Å². The first-order chi connectivity index (χ1) is 8.31. The molecule has 3 rings (SSSR count). The SMILES string of the molecule is Clc1ccc2oc(CC3CSCCN3)nc2c1. The number of nitrogens with zero attached hydrogens (tertiary/aromatic N) is 1. The number of aromatic nitrogens is 1. The van der Waals surface area contributed by atoms with Crippen molar-refractivity contribution in [2.24, 2.45) is 0 Å². The lowest BCUT2D eigenvalue weighted by Crippen LogP contribution is -2.38. The van der Waals surface area contributed by atoms with Crippen molar-refractivity contribution in [2.75, 3.05) is 18.1 Å². The van der Waals surface area contributed by atoms with E-state index in [1.54, 1.807) is 0 Å². The van der Waals surface area contributed by atoms with Gasteiger partial charge in [0, 0.05) is 35.5 Å². The van der Waals surface area contributed by atoms with Gasteiger partial charge in [0.05, 0.1) is 0 Å². The average Bonchev–Trinajstić information content (AvgIpc) is 2.71. The molecule has 0 radical (unpaired) electrons. The molecule has 0 bridgehead atoms. The lowest BCUT2D eigenvalue weighted by Gasteiger charge is -2.21. The van der Waals surface area contributed by atoms with Crippen molar-refractivity contribution in [1.29, 1.82) is 0 Å². The van der Waals surface area contributed by atoms with Gasteiger partial charge in [0.25, 0.3) is 0 Å². The summed E-state index contributed by atoms with van der Waals surface area (Å²) in [6.07, 6.45) is 0.847. The first kappa shape index (κ1) is 11.4. The van der Waals surface area contributed by atoms with Gasteiger partial charge in [-0.1, -0.05) is 11.6 Å². The maximum atomic E-state index is 5.92. The number of fused-ring (bicyclic) bond motifs is 1. The standard InChI is InChI=1S/C12H13ClN2OS/c13-8-1-2-11-10(5-8)15-12(16-11)6-9-7-17-4-3-14-9/h1-2,5,9,14H,3-4,6-7H2. The molecule has 3 nitrogen and oxygen atoms in total. The maximum Gasteiger partial charge on any atom is 0.197 e. The van der Waals surface area contributed by atoms with Crippen LogP contribution in [0.25, 0.3) is 11.1 Å². The molecule has 1 aliphatic rings. The van der Waals surface area contributed by atoms with Crippen LogP contribution in [0.1, 0.15) is 5.89 Å². The summed E-state index contributed by atoms with van der Waals surface area (Å²) in [5.41, 5.74) is 1.66. The van der Waals surface area contributed by atoms with Gasteiger partial charge in [0.2, 0.25) is 0 Å². The van der Waals surface area contributed by atoms with Crippen LogP contribution in [-0.4, -0.2) is 29.1 Å². The topological polar surface area (TPSA) is 38.1 Å². The van der Waals surface area contributed by atoms with Crippen LogP contribution >= 0.6 is 23.4 Å². The Labute approximate surface area is 109 Å². The summed E-state index contributed by atoms with van der Waals surface area (Å²) in [5, 5.41) is 4.17. The van der Waals surface area contributed by atoms with Crippen LogP contribution in [0.5, 0.6) is 0 Å². The molecule has 17 heavy (non-hydrogen) atoms. The number of hydrogen-bond acceptors (Lipinski definition) is 4. The highest BCUT2D eigenvalue weighted by Gasteiger charge is 2.16. The Hall–Kier alpha value is -0.710. The zero-order chi connectivity index (χ0) is 11.7. The molecule has 1 atom stereocenters. The molecule has 1 unspecified atom stereocenters. The summed E-state index contributed by atoms with van der Waals surface area (Å²) in [5.74, 6) is 3.11. The van der Waals surface area contributed by atoms with E-state index >= 15 is 0 Å². The Kier molecular flexibility index (Phi) is 3.27. The van der Waals surface area contributed by atoms with Crippen LogP contribution in [0, 0.1) is 0 Å². The van der Waals surface area contributed by atoms with Gasteiger partial charge >= 0.3 is 0 Å². The van der Waals surface area contributed by atoms with E-state index < -0.39 is 0 Å². The number of halogens is 1. The number of thioether (sulfide) groups is 1. The van der Waals surface area contributed by atoms with Crippen LogP contribution < -0.4 is 5.32 Å². The fourth-order valence-corrected chi connectivity index (χ4v) is 3.11. The quantitative estimate of drug-likeness (QED) is 0.909. The second kappa shape index (κ2) is 4.88. The van der Waals surface area contributed by atoms with Gasteiger partial charge < -0.3 is 9.73 Å². The minimum atomic E-state index is 0.470. The van der Waals surface area contributed by atoms with E-state index in [1.807, 2.05) is 30.0 Å². The second-order valence-electron chi connectivity index (χ2n) is 4.15. The van der Waals surface area contributed by atoms with Crippen molar-refractivity contribution >= 4 is 34.5 Å². The fourth-order valence-electron chi connectivity index (χ4n) is 2.00. The van der Waals surface area contributed by atoms with Gasteiger partial charge in [-0.05, 0) is 18.2 Å². The van der Waals surface area contributed by atoms with Crippen molar-refractivity contribution in [2.45, 2.75) is 12.5 Å². The molecule has 0 spiro atoms. The van der Waals surface area contributed by atoms with Crippen LogP contribution in [0.3, 0.4) is 0 Å². The first-order valence-corrected chi connectivity index (χ1v) is 7.20. The molecule has 90 valence electrons. The monoisotopic (exact) mass is 268 g/mol. The molecule has 1 N–H and O–H groups in total. The summed E-state index contributed by atoms with van der Waals surface area (Å²) in [6, 6.07) is 6.01. The van der Waals surface area contributed by atoms with E-state index in [2.05, 4.69) is 10.3 Å². The van der Waals surface area contributed by atoms with Gasteiger partial charge in [-0.3, -0.25) is 0 Å². The Balaban J connectivity index is 1.80. The molecule has 1 saturated heterocycles. The van der Waals surface area contributed by atoms with Gasteiger partial charge in [-0.25, -0.2) is 4.98 Å². The normalized spacial score (nSPS) is 20.9. The van der Waals surface area contributed by atoms with E-state index in [0.717, 1.165) is 35.7 Å². The van der Waals surface area contributed by atoms with E-state index in [9.17, 15) is 0 Å². The van der Waals surface area contributed by atoms with Crippen LogP contribution in [0.15, 0.2) is 22.6 Å². The van der Waals surface area contributed by atoms with Gasteiger partial charge in [-0.15, -0.1) is 0 Å². The number of hydrogen-bond donors (Lipinski definition) is 1. The summed E-state index contributed by atoms with van der Waals surface area (Å²) in [4.78, 5) is 4.47. The predicted octanol–water partition coefficient (Wildman–Crippen LogP) is 2.73. The molecule has 1 aromatic heterocycles. The van der Waals surface area contributed by atoms with Crippen molar-refractivity contribution in [3.05, 3.63) is 29.1 Å². The predicted molar refractivity (Wildman–Crippen MR) is 71.8 cm³/mol. The Bertz CT molecular complexity index is 522. The molecular weight excluding hydrogens is 256 g/mol. The third-order valence-electron chi connectivity index (χ3n) is 2.81. The Morgan fingerprint density at radius 1 is 1.53 bits per heavy atom. The molecule has 1 aromatic carbocycles. The molecule has 0 aliphatic carbocycles. The minimum absolute atomic E-state index is 0.470. The van der Waals surface area contributed by atoms with Gasteiger partial charge in [0.1, 0.15) is 5.52 Å². The highest BCUT2D eigenvalue weighted by atomic mass is 35.5. The van der Waals surface area contributed by atoms with Crippen molar-refractivity contribution in [3.8, 4) is 0 Å². The van der Waals surface area contributed by atoms with Crippen molar-refractivity contribution < 1.29 is 4.42 Å². The molecule has 5 heteroatoms. The summed E-state index contributed by atoms with van der Waals surface area (Å²) in [7, 11) is 0. The molecular formula is C12H13ClN2OS. The second-order valence-corrected chi connectivity index (χ2v) is 5.74. The zero-order valence-corrected chi connectivity index (χ0v) is 10.9. The summed E-state index contributed by atoms with van der Waals surface area (Å²) < 4.78 is 5.71. The fraction of sp³-hybridized carbons (Fsp3) is 0.417. The molecule has 1 aliphatic heterocycles. The molecule has 0 saturated carbocycles. The van der Waals surface area contributed by atoms with Gasteiger partial charge in [0.15, 0.2) is 11.5 Å². The van der Waals surface area contributed by atoms with E-state index in [4.69, 9.17) is 16.0 Å². The first-order valence-electron chi connectivity index (χ1n) is 5.67. The minimum Gasteiger partial charge on any atom is -0.441 e. The van der Waals surface area contributed by atoms with Crippen LogP contribution in [-0.2, 0) is 6.42 Å². The third kappa shape index (κ3) is 2.59. The van der Waals surface area contributed by atoms with E-state index in [0.29, 0.717) is 11.1 Å². The average molecular weight is 269 g/mol. The molecule has 0 amide bonds. The molecule has 2 heterocycles. The van der Waals surface area contributed by atoms with Crippen LogP contribution in [0.4, 0.5) is 0 Å². The van der Waals surface area contributed by atoms with Crippen LogP contribution in [0.2, 0.25) is 5.02 Å². The number of rotatable bonds is 2. The largest absolute Gasteiger partial charge is 0.441 e. The number of oxazole rings is 1. The van der Waals surface area contributed by atoms with E-state index in [1.165, 1.54) is 5.75 Å². The van der Waals surface area contributed by atoms with E-state index in [-0.39, 0.29) is 0 Å². The molecule has 2 aromatic rings. The summed E-state index contributed by atoms with van der Waals surface area (Å²) in [6.45, 7) is 1.07. The number of nitrogens with one attached hydrogen (secondary N) is 1. The Morgan fingerprint density at radius 2 is 2.47 bits per heavy atom. The highest BCUT2D eigenvalue weighted by molar-refractivity contribution is 7.99. The number of benzene rings is 1. The van der Waals surface area contributed by atoms with Crippen molar-refractivity contribution in [1.82, 2.24) is 10.3 Å². The maximum absolute atomic E-state index is 5.92. The Morgan fingerprint density at radius 3 is 3.29 bits per heavy atom. The third-order valence-corrected chi connectivity index (χ3v) is 4.18. The molecule has 1 fully saturated rings. The lowest BCUT2D eigenvalue weighted by atomic mass is 10.2. The smallest absolute Gasteiger partial charge is 0.197 e. The summed E-state index contributed by atoms with van der Waals surface area (Å²) >= 11 is 7.90.